The van der Waals surface area contributed by atoms with E-state index in [0.717, 1.165) is 24.3 Å². The van der Waals surface area contributed by atoms with Crippen LogP contribution in [0.25, 0.3) is 11.3 Å². The summed E-state index contributed by atoms with van der Waals surface area (Å²) in [5.74, 6) is 1.68. The lowest BCUT2D eigenvalue weighted by Gasteiger charge is -2.44. The molecule has 0 saturated carbocycles. The monoisotopic (exact) mass is 324 g/mol. The molecule has 3 saturated heterocycles. The maximum Gasteiger partial charge on any atom is 0.287 e. The molecule has 0 aliphatic carbocycles. The van der Waals surface area contributed by atoms with Gasteiger partial charge in [0.25, 0.3) is 5.91 Å². The summed E-state index contributed by atoms with van der Waals surface area (Å²) < 4.78 is 5.80. The van der Waals surface area contributed by atoms with Gasteiger partial charge in [-0.25, -0.2) is 0 Å². The smallest absolute Gasteiger partial charge is 0.287 e. The van der Waals surface area contributed by atoms with E-state index in [4.69, 9.17) is 4.42 Å². The molecule has 1 N–H and O–H groups in total. The fourth-order valence-corrected chi connectivity index (χ4v) is 3.89. The first-order valence-corrected chi connectivity index (χ1v) is 8.95. The number of nitrogens with one attached hydrogen (secondary N) is 1. The van der Waals surface area contributed by atoms with Gasteiger partial charge in [-0.05, 0) is 56.0 Å². The first-order valence-electron chi connectivity index (χ1n) is 8.95. The van der Waals surface area contributed by atoms with Crippen molar-refractivity contribution in [2.24, 2.45) is 5.92 Å². The molecule has 126 valence electrons. The first kappa shape index (κ1) is 15.5. The molecule has 4 nitrogen and oxygen atoms in total. The average Bonchev–Trinajstić information content (AvgIpc) is 3.13. The van der Waals surface area contributed by atoms with Gasteiger partial charge >= 0.3 is 0 Å². The second-order valence-electron chi connectivity index (χ2n) is 6.93. The lowest BCUT2D eigenvalue weighted by Crippen LogP contribution is -2.57. The highest BCUT2D eigenvalue weighted by Gasteiger charge is 2.35. The van der Waals surface area contributed by atoms with E-state index in [2.05, 4.69) is 29.3 Å². The number of nitrogens with zero attached hydrogens (tertiary/aromatic N) is 1. The number of amides is 1. The number of fused-ring (bicyclic) bond motifs is 3. The molecule has 5 rings (SSSR count). The number of piperidine rings is 3. The molecule has 1 atom stereocenters. The summed E-state index contributed by atoms with van der Waals surface area (Å²) >= 11 is 0. The van der Waals surface area contributed by atoms with Crippen LogP contribution < -0.4 is 5.32 Å². The molecule has 2 aromatic rings. The SMILES string of the molecule is CCc1ccc(-c2ccc(C(=O)N[C@H]3CN4CCC3CC4)o2)cc1. The third-order valence-electron chi connectivity index (χ3n) is 5.45. The van der Waals surface area contributed by atoms with Gasteiger partial charge in [-0.2, -0.15) is 0 Å². The van der Waals surface area contributed by atoms with Crippen LogP contribution in [0.4, 0.5) is 0 Å². The van der Waals surface area contributed by atoms with Gasteiger partial charge in [-0.1, -0.05) is 31.2 Å². The molecule has 2 bridgehead atoms. The Labute approximate surface area is 142 Å². The Balaban J connectivity index is 1.44. The molecule has 1 aromatic carbocycles. The molecule has 24 heavy (non-hydrogen) atoms. The average molecular weight is 324 g/mol. The summed E-state index contributed by atoms with van der Waals surface area (Å²) in [4.78, 5) is 14.9. The van der Waals surface area contributed by atoms with Gasteiger partial charge in [0.2, 0.25) is 0 Å². The Morgan fingerprint density at radius 2 is 1.92 bits per heavy atom. The summed E-state index contributed by atoms with van der Waals surface area (Å²) in [6.45, 7) is 5.46. The topological polar surface area (TPSA) is 45.5 Å². The highest BCUT2D eigenvalue weighted by molar-refractivity contribution is 5.92. The standard InChI is InChI=1S/C20H24N2O2/c1-2-14-3-5-16(6-4-14)18-7-8-19(24-18)20(23)21-17-13-22-11-9-15(17)10-12-22/h3-8,15,17H,2,9-13H2,1H3,(H,21,23)/t17-/m0/s1. The van der Waals surface area contributed by atoms with Crippen LogP contribution in [0.3, 0.4) is 0 Å². The molecule has 3 aliphatic heterocycles. The van der Waals surface area contributed by atoms with E-state index in [-0.39, 0.29) is 11.9 Å². The number of aryl methyl sites for hydroxylation is 1. The highest BCUT2D eigenvalue weighted by atomic mass is 16.3. The molecular weight excluding hydrogens is 300 g/mol. The van der Waals surface area contributed by atoms with Gasteiger partial charge in [-0.3, -0.25) is 4.79 Å². The van der Waals surface area contributed by atoms with E-state index in [1.165, 1.54) is 31.5 Å². The van der Waals surface area contributed by atoms with Crippen molar-refractivity contribution in [3.8, 4) is 11.3 Å². The van der Waals surface area contributed by atoms with Crippen LogP contribution in [0.5, 0.6) is 0 Å². The van der Waals surface area contributed by atoms with Crippen LogP contribution in [0.15, 0.2) is 40.8 Å². The molecule has 4 heterocycles. The lowest BCUT2D eigenvalue weighted by atomic mass is 9.84. The van der Waals surface area contributed by atoms with Crippen LogP contribution in [-0.4, -0.2) is 36.5 Å². The van der Waals surface area contributed by atoms with E-state index in [9.17, 15) is 4.79 Å². The first-order chi connectivity index (χ1) is 11.7. The van der Waals surface area contributed by atoms with Gasteiger partial charge in [0.15, 0.2) is 5.76 Å². The van der Waals surface area contributed by atoms with Crippen LogP contribution in [0.1, 0.15) is 35.9 Å². The predicted octanol–water partition coefficient (Wildman–Crippen LogP) is 3.33. The summed E-state index contributed by atoms with van der Waals surface area (Å²) in [7, 11) is 0. The molecule has 4 heteroatoms. The summed E-state index contributed by atoms with van der Waals surface area (Å²) in [6.07, 6.45) is 3.40. The van der Waals surface area contributed by atoms with E-state index < -0.39 is 0 Å². The van der Waals surface area contributed by atoms with Crippen LogP contribution in [0.2, 0.25) is 0 Å². The van der Waals surface area contributed by atoms with Crippen molar-refractivity contribution in [1.82, 2.24) is 10.2 Å². The summed E-state index contributed by atoms with van der Waals surface area (Å²) in [6, 6.07) is 12.2. The minimum absolute atomic E-state index is 0.0924. The van der Waals surface area contributed by atoms with Gasteiger partial charge in [0.1, 0.15) is 5.76 Å². The Bertz CT molecular complexity index is 711. The highest BCUT2D eigenvalue weighted by Crippen LogP contribution is 2.28. The van der Waals surface area contributed by atoms with Crippen molar-refractivity contribution >= 4 is 5.91 Å². The Hall–Kier alpha value is -2.07. The number of rotatable bonds is 4. The minimum atomic E-state index is -0.0924. The van der Waals surface area contributed by atoms with E-state index >= 15 is 0 Å². The lowest BCUT2D eigenvalue weighted by molar-refractivity contribution is 0.0606. The Morgan fingerprint density at radius 3 is 2.54 bits per heavy atom. The Kier molecular flexibility index (Phi) is 4.15. The molecule has 1 amide bonds. The van der Waals surface area contributed by atoms with Crippen molar-refractivity contribution in [2.75, 3.05) is 19.6 Å². The van der Waals surface area contributed by atoms with E-state index in [1.54, 1.807) is 6.07 Å². The van der Waals surface area contributed by atoms with Gasteiger partial charge in [0, 0.05) is 18.2 Å². The summed E-state index contributed by atoms with van der Waals surface area (Å²) in [5.41, 5.74) is 2.31. The largest absolute Gasteiger partial charge is 0.451 e. The van der Waals surface area contributed by atoms with Crippen molar-refractivity contribution in [3.05, 3.63) is 47.7 Å². The number of benzene rings is 1. The van der Waals surface area contributed by atoms with Crippen molar-refractivity contribution in [2.45, 2.75) is 32.2 Å². The normalized spacial score (nSPS) is 25.6. The maximum absolute atomic E-state index is 12.5. The quantitative estimate of drug-likeness (QED) is 0.938. The zero-order valence-electron chi connectivity index (χ0n) is 14.1. The number of carbonyl (C=O) groups excluding carboxylic acids is 1. The maximum atomic E-state index is 12.5. The van der Waals surface area contributed by atoms with Gasteiger partial charge in [0.05, 0.1) is 0 Å². The zero-order valence-corrected chi connectivity index (χ0v) is 14.1. The van der Waals surface area contributed by atoms with Gasteiger partial charge in [-0.15, -0.1) is 0 Å². The predicted molar refractivity (Wildman–Crippen MR) is 93.9 cm³/mol. The fraction of sp³-hybridized carbons (Fsp3) is 0.450. The molecule has 0 radical (unpaired) electrons. The number of hydrogen-bond acceptors (Lipinski definition) is 3. The second-order valence-corrected chi connectivity index (χ2v) is 6.93. The Morgan fingerprint density at radius 1 is 1.17 bits per heavy atom. The number of carbonyl (C=O) groups is 1. The van der Waals surface area contributed by atoms with Crippen LogP contribution >= 0.6 is 0 Å². The van der Waals surface area contributed by atoms with E-state index in [1.807, 2.05) is 18.2 Å². The second kappa shape index (κ2) is 6.44. The minimum Gasteiger partial charge on any atom is -0.451 e. The zero-order chi connectivity index (χ0) is 16.5. The van der Waals surface area contributed by atoms with E-state index in [0.29, 0.717) is 11.7 Å². The molecule has 0 unspecified atom stereocenters. The van der Waals surface area contributed by atoms with Crippen molar-refractivity contribution in [1.29, 1.82) is 0 Å². The van der Waals surface area contributed by atoms with Crippen LogP contribution in [-0.2, 0) is 6.42 Å². The third-order valence-corrected chi connectivity index (χ3v) is 5.45. The van der Waals surface area contributed by atoms with Crippen molar-refractivity contribution in [3.63, 3.8) is 0 Å². The van der Waals surface area contributed by atoms with Crippen LogP contribution in [0, 0.1) is 5.92 Å². The summed E-state index contributed by atoms with van der Waals surface area (Å²) in [5, 5.41) is 3.18. The third kappa shape index (κ3) is 2.98. The molecule has 3 fully saturated rings. The van der Waals surface area contributed by atoms with Crippen molar-refractivity contribution < 1.29 is 9.21 Å². The molecular formula is C20H24N2O2. The molecule has 0 spiro atoms. The fourth-order valence-electron chi connectivity index (χ4n) is 3.89. The number of hydrogen-bond donors (Lipinski definition) is 1. The molecule has 3 aliphatic rings. The number of furan rings is 1. The van der Waals surface area contributed by atoms with Gasteiger partial charge < -0.3 is 14.6 Å². The molecule has 1 aromatic heterocycles.